The molecule has 5 rings (SSSR count). The Bertz CT molecular complexity index is 1620. The smallest absolute Gasteiger partial charge is 0.273 e. The van der Waals surface area contributed by atoms with Gasteiger partial charge in [0.25, 0.3) is 0 Å². The highest BCUT2D eigenvalue weighted by Gasteiger charge is 2.35. The minimum absolute atomic E-state index is 0.110. The molecule has 0 aliphatic carbocycles. The van der Waals surface area contributed by atoms with Gasteiger partial charge < -0.3 is 0 Å². The maximum atomic E-state index is 13.2. The van der Waals surface area contributed by atoms with Gasteiger partial charge >= 0.3 is 6.18 Å². The SMILES string of the molecule is [C-]#[N+]c1cccc(-c2cccc(C(C)(Cc3ccccc3)c3cccc(-c4cc(C(F)(F)F)[nH]n4)n3)n2)c1. The summed E-state index contributed by atoms with van der Waals surface area (Å²) in [4.78, 5) is 13.3. The first-order chi connectivity index (χ1) is 18.3. The number of aromatic nitrogens is 4. The Kier molecular flexibility index (Phi) is 6.52. The van der Waals surface area contributed by atoms with Crippen molar-refractivity contribution in [1.29, 1.82) is 0 Å². The summed E-state index contributed by atoms with van der Waals surface area (Å²) in [7, 11) is 0. The molecule has 5 aromatic rings. The molecule has 188 valence electrons. The Labute approximate surface area is 217 Å². The van der Waals surface area contributed by atoms with Crippen molar-refractivity contribution in [2.24, 2.45) is 0 Å². The highest BCUT2D eigenvalue weighted by Crippen LogP contribution is 2.36. The van der Waals surface area contributed by atoms with Crippen LogP contribution in [0.4, 0.5) is 18.9 Å². The molecule has 1 unspecified atom stereocenters. The first kappa shape index (κ1) is 24.9. The van der Waals surface area contributed by atoms with E-state index in [4.69, 9.17) is 16.5 Å². The van der Waals surface area contributed by atoms with Crippen molar-refractivity contribution in [3.8, 4) is 22.6 Å². The van der Waals surface area contributed by atoms with E-state index in [0.717, 1.165) is 22.9 Å². The molecule has 0 amide bonds. The van der Waals surface area contributed by atoms with Crippen LogP contribution >= 0.6 is 0 Å². The summed E-state index contributed by atoms with van der Waals surface area (Å²) in [5.74, 6) is 0. The van der Waals surface area contributed by atoms with Crippen molar-refractivity contribution in [1.82, 2.24) is 20.2 Å². The van der Waals surface area contributed by atoms with Gasteiger partial charge in [0.15, 0.2) is 5.69 Å². The lowest BCUT2D eigenvalue weighted by molar-refractivity contribution is -0.141. The van der Waals surface area contributed by atoms with Crippen LogP contribution < -0.4 is 0 Å². The summed E-state index contributed by atoms with van der Waals surface area (Å²) >= 11 is 0. The monoisotopic (exact) mass is 509 g/mol. The van der Waals surface area contributed by atoms with Gasteiger partial charge in [0.2, 0.25) is 0 Å². The molecule has 0 saturated heterocycles. The standard InChI is InChI=1S/C30H22F3N5/c1-29(19-20-9-4-3-5-10-20,26-15-7-13-23(35-26)21-11-6-12-22(17-21)34-2)27-16-8-14-24(36-27)25-18-28(38-37-25)30(31,32)33/h3-18H,19H2,1H3,(H,37,38). The van der Waals surface area contributed by atoms with E-state index in [0.29, 0.717) is 29.2 Å². The molecule has 1 atom stereocenters. The predicted octanol–water partition coefficient (Wildman–Crippen LogP) is 7.65. The van der Waals surface area contributed by atoms with Crippen molar-refractivity contribution in [2.75, 3.05) is 0 Å². The largest absolute Gasteiger partial charge is 0.432 e. The number of aromatic amines is 1. The van der Waals surface area contributed by atoms with E-state index < -0.39 is 17.3 Å². The van der Waals surface area contributed by atoms with Crippen molar-refractivity contribution in [3.63, 3.8) is 0 Å². The minimum Gasteiger partial charge on any atom is -0.273 e. The van der Waals surface area contributed by atoms with Crippen LogP contribution in [0.5, 0.6) is 0 Å². The van der Waals surface area contributed by atoms with Gasteiger partial charge in [0, 0.05) is 0 Å². The fraction of sp³-hybridized carbons (Fsp3) is 0.133. The molecule has 0 aliphatic heterocycles. The average Bonchev–Trinajstić information content (AvgIpc) is 3.45. The van der Waals surface area contributed by atoms with Crippen LogP contribution in [0.3, 0.4) is 0 Å². The quantitative estimate of drug-likeness (QED) is 0.239. The van der Waals surface area contributed by atoms with Gasteiger partial charge in [-0.05, 0) is 60.9 Å². The van der Waals surface area contributed by atoms with Gasteiger partial charge in [-0.3, -0.25) is 15.1 Å². The van der Waals surface area contributed by atoms with Gasteiger partial charge in [-0.15, -0.1) is 0 Å². The predicted molar refractivity (Wildman–Crippen MR) is 139 cm³/mol. The van der Waals surface area contributed by atoms with E-state index in [1.54, 1.807) is 24.3 Å². The Morgan fingerprint density at radius 1 is 0.763 bits per heavy atom. The van der Waals surface area contributed by atoms with Crippen molar-refractivity contribution in [2.45, 2.75) is 24.9 Å². The third kappa shape index (κ3) is 5.04. The number of halogens is 3. The van der Waals surface area contributed by atoms with E-state index >= 15 is 0 Å². The van der Waals surface area contributed by atoms with E-state index in [9.17, 15) is 13.2 Å². The fourth-order valence-electron chi connectivity index (χ4n) is 4.44. The van der Waals surface area contributed by atoms with Gasteiger partial charge in [0.1, 0.15) is 11.4 Å². The summed E-state index contributed by atoms with van der Waals surface area (Å²) in [6.07, 6.45) is -3.98. The summed E-state index contributed by atoms with van der Waals surface area (Å²) in [5, 5.41) is 5.92. The summed E-state index contributed by atoms with van der Waals surface area (Å²) in [6.45, 7) is 9.36. The molecule has 5 nitrogen and oxygen atoms in total. The van der Waals surface area contributed by atoms with Gasteiger partial charge in [0.05, 0.1) is 34.8 Å². The Balaban J connectivity index is 1.62. The number of hydrogen-bond donors (Lipinski definition) is 1. The first-order valence-corrected chi connectivity index (χ1v) is 11.9. The molecule has 0 spiro atoms. The Morgan fingerprint density at radius 3 is 2.08 bits per heavy atom. The summed E-state index contributed by atoms with van der Waals surface area (Å²) in [6, 6.07) is 29.1. The number of pyridine rings is 2. The molecule has 8 heteroatoms. The van der Waals surface area contributed by atoms with Crippen LogP contribution in [-0.4, -0.2) is 20.2 Å². The molecule has 0 saturated carbocycles. The molecule has 2 aromatic carbocycles. The van der Waals surface area contributed by atoms with Crippen LogP contribution in [0.2, 0.25) is 0 Å². The number of nitrogens with one attached hydrogen (secondary N) is 1. The molecular formula is C30H22F3N5. The average molecular weight is 510 g/mol. The molecule has 0 aliphatic rings. The van der Waals surface area contributed by atoms with Crippen LogP contribution in [0.1, 0.15) is 29.6 Å². The zero-order valence-electron chi connectivity index (χ0n) is 20.4. The van der Waals surface area contributed by atoms with Crippen LogP contribution in [-0.2, 0) is 18.0 Å². The number of alkyl halides is 3. The lowest BCUT2D eigenvalue weighted by Crippen LogP contribution is -2.29. The molecule has 0 bridgehead atoms. The van der Waals surface area contributed by atoms with Gasteiger partial charge in [-0.25, -0.2) is 4.85 Å². The molecule has 3 heterocycles. The van der Waals surface area contributed by atoms with E-state index in [-0.39, 0.29) is 5.69 Å². The second-order valence-corrected chi connectivity index (χ2v) is 9.14. The third-order valence-corrected chi connectivity index (χ3v) is 6.45. The zero-order valence-corrected chi connectivity index (χ0v) is 20.4. The Hall–Kier alpha value is -4.77. The van der Waals surface area contributed by atoms with Crippen molar-refractivity contribution in [3.05, 3.63) is 131 Å². The second kappa shape index (κ2) is 9.94. The molecule has 38 heavy (non-hydrogen) atoms. The second-order valence-electron chi connectivity index (χ2n) is 9.14. The van der Waals surface area contributed by atoms with Crippen LogP contribution in [0.15, 0.2) is 97.1 Å². The van der Waals surface area contributed by atoms with E-state index in [1.165, 1.54) is 0 Å². The van der Waals surface area contributed by atoms with Gasteiger partial charge in [-0.2, -0.15) is 18.3 Å². The highest BCUT2D eigenvalue weighted by molar-refractivity contribution is 5.66. The summed E-state index contributed by atoms with van der Waals surface area (Å²) < 4.78 is 39.5. The number of rotatable bonds is 6. The van der Waals surface area contributed by atoms with E-state index in [2.05, 4.69) is 15.0 Å². The lowest BCUT2D eigenvalue weighted by atomic mass is 9.76. The van der Waals surface area contributed by atoms with Crippen molar-refractivity contribution >= 4 is 5.69 Å². The normalized spacial score (nSPS) is 13.0. The van der Waals surface area contributed by atoms with Crippen molar-refractivity contribution < 1.29 is 13.2 Å². The molecule has 0 radical (unpaired) electrons. The molecule has 0 fully saturated rings. The molecule has 3 aromatic heterocycles. The van der Waals surface area contributed by atoms with Crippen LogP contribution in [0.25, 0.3) is 27.5 Å². The highest BCUT2D eigenvalue weighted by atomic mass is 19.4. The van der Waals surface area contributed by atoms with E-state index in [1.807, 2.05) is 73.7 Å². The minimum atomic E-state index is -4.53. The topological polar surface area (TPSA) is 58.8 Å². The third-order valence-electron chi connectivity index (χ3n) is 6.45. The maximum absolute atomic E-state index is 13.2. The number of nitrogens with zero attached hydrogens (tertiary/aromatic N) is 4. The first-order valence-electron chi connectivity index (χ1n) is 11.9. The molecule has 1 N–H and O–H groups in total. The zero-order chi connectivity index (χ0) is 26.8. The Morgan fingerprint density at radius 2 is 1.42 bits per heavy atom. The lowest BCUT2D eigenvalue weighted by Gasteiger charge is -2.30. The number of H-pyrrole nitrogens is 1. The van der Waals surface area contributed by atoms with Crippen LogP contribution in [0, 0.1) is 6.57 Å². The fourth-order valence-corrected chi connectivity index (χ4v) is 4.44. The number of benzene rings is 2. The number of hydrogen-bond acceptors (Lipinski definition) is 3. The summed E-state index contributed by atoms with van der Waals surface area (Å²) in [5.41, 5.74) is 3.29. The molecular weight excluding hydrogens is 487 g/mol. The van der Waals surface area contributed by atoms with Gasteiger partial charge in [-0.1, -0.05) is 60.7 Å². The maximum Gasteiger partial charge on any atom is 0.432 e.